The molecule has 1 aromatic heterocycles. The molecule has 2 rings (SSSR count). The number of hydrogen-bond acceptors (Lipinski definition) is 4. The van der Waals surface area contributed by atoms with Crippen molar-refractivity contribution in [2.75, 3.05) is 0 Å². The van der Waals surface area contributed by atoms with E-state index in [-0.39, 0.29) is 23.8 Å². The Labute approximate surface area is 120 Å². The lowest BCUT2D eigenvalue weighted by molar-refractivity contribution is -0.146. The van der Waals surface area contributed by atoms with Gasteiger partial charge in [0.1, 0.15) is 6.04 Å². The quantitative estimate of drug-likeness (QED) is 0.750. The number of nitrogens with one attached hydrogen (secondary N) is 2. The average Bonchev–Trinajstić information content (AvgIpc) is 2.85. The van der Waals surface area contributed by atoms with Gasteiger partial charge in [-0.1, -0.05) is 6.07 Å². The summed E-state index contributed by atoms with van der Waals surface area (Å²) in [5.74, 6) is -1.76. The van der Waals surface area contributed by atoms with Gasteiger partial charge in [0, 0.05) is 6.04 Å². The fourth-order valence-corrected chi connectivity index (χ4v) is 2.63. The molecule has 1 aliphatic carbocycles. The van der Waals surface area contributed by atoms with E-state index in [4.69, 9.17) is 5.11 Å². The van der Waals surface area contributed by atoms with Gasteiger partial charge >= 0.3 is 5.97 Å². The maximum absolute atomic E-state index is 11.9. The number of aliphatic carboxylic acids is 1. The molecule has 1 atom stereocenters. The van der Waals surface area contributed by atoms with Gasteiger partial charge in [0.25, 0.3) is 5.91 Å². The molecule has 1 aromatic rings. The SMILES string of the molecule is CC(NC(=O)c1cccs1)C(=O)NC1CC(C(=O)O)C1. The molecule has 1 fully saturated rings. The minimum absolute atomic E-state index is 0.107. The van der Waals surface area contributed by atoms with Crippen molar-refractivity contribution in [1.29, 1.82) is 0 Å². The molecular weight excluding hydrogens is 280 g/mol. The second-order valence-electron chi connectivity index (χ2n) is 4.88. The summed E-state index contributed by atoms with van der Waals surface area (Å²) in [5, 5.41) is 15.9. The van der Waals surface area contributed by atoms with Crippen LogP contribution in [0, 0.1) is 5.92 Å². The normalized spacial score (nSPS) is 22.4. The third kappa shape index (κ3) is 3.36. The van der Waals surface area contributed by atoms with Crippen LogP contribution in [0.5, 0.6) is 0 Å². The molecule has 108 valence electrons. The fraction of sp³-hybridized carbons (Fsp3) is 0.462. The van der Waals surface area contributed by atoms with Gasteiger partial charge in [0.15, 0.2) is 0 Å². The smallest absolute Gasteiger partial charge is 0.306 e. The summed E-state index contributed by atoms with van der Waals surface area (Å²) >= 11 is 1.31. The Kier molecular flexibility index (Phi) is 4.39. The largest absolute Gasteiger partial charge is 0.481 e. The summed E-state index contributed by atoms with van der Waals surface area (Å²) in [6, 6.07) is 2.71. The first-order chi connectivity index (χ1) is 9.47. The zero-order valence-electron chi connectivity index (χ0n) is 11.0. The predicted molar refractivity (Wildman–Crippen MR) is 73.5 cm³/mol. The van der Waals surface area contributed by atoms with Crippen LogP contribution in [0.25, 0.3) is 0 Å². The topological polar surface area (TPSA) is 95.5 Å². The van der Waals surface area contributed by atoms with E-state index in [9.17, 15) is 14.4 Å². The van der Waals surface area contributed by atoms with Gasteiger partial charge in [-0.05, 0) is 31.2 Å². The Morgan fingerprint density at radius 2 is 2.10 bits per heavy atom. The highest BCUT2D eigenvalue weighted by Gasteiger charge is 2.35. The highest BCUT2D eigenvalue weighted by atomic mass is 32.1. The van der Waals surface area contributed by atoms with Gasteiger partial charge < -0.3 is 15.7 Å². The summed E-state index contributed by atoms with van der Waals surface area (Å²) in [6.45, 7) is 1.61. The Morgan fingerprint density at radius 1 is 1.40 bits per heavy atom. The maximum Gasteiger partial charge on any atom is 0.306 e. The second-order valence-corrected chi connectivity index (χ2v) is 5.83. The highest BCUT2D eigenvalue weighted by Crippen LogP contribution is 2.27. The molecule has 20 heavy (non-hydrogen) atoms. The summed E-state index contributed by atoms with van der Waals surface area (Å²) < 4.78 is 0. The summed E-state index contributed by atoms with van der Waals surface area (Å²) in [6.07, 6.45) is 0.902. The van der Waals surface area contributed by atoms with Gasteiger partial charge in [0.2, 0.25) is 5.91 Å². The van der Waals surface area contributed by atoms with E-state index < -0.39 is 12.0 Å². The number of hydrogen-bond donors (Lipinski definition) is 3. The highest BCUT2D eigenvalue weighted by molar-refractivity contribution is 7.12. The molecule has 0 aromatic carbocycles. The number of rotatable bonds is 5. The van der Waals surface area contributed by atoms with Gasteiger partial charge in [-0.25, -0.2) is 0 Å². The molecule has 3 N–H and O–H groups in total. The fourth-order valence-electron chi connectivity index (χ4n) is 2.00. The lowest BCUT2D eigenvalue weighted by Crippen LogP contribution is -2.52. The predicted octanol–water partition coefficient (Wildman–Crippen LogP) is 0.846. The first kappa shape index (κ1) is 14.5. The molecule has 7 heteroatoms. The van der Waals surface area contributed by atoms with Crippen LogP contribution in [0.2, 0.25) is 0 Å². The van der Waals surface area contributed by atoms with E-state index in [0.717, 1.165) is 0 Å². The number of amides is 2. The van der Waals surface area contributed by atoms with Crippen molar-refractivity contribution >= 4 is 29.1 Å². The molecular formula is C13H16N2O4S. The van der Waals surface area contributed by atoms with Gasteiger partial charge in [-0.15, -0.1) is 11.3 Å². The van der Waals surface area contributed by atoms with E-state index in [0.29, 0.717) is 17.7 Å². The van der Waals surface area contributed by atoms with E-state index >= 15 is 0 Å². The lowest BCUT2D eigenvalue weighted by Gasteiger charge is -2.33. The molecule has 1 saturated carbocycles. The molecule has 0 saturated heterocycles. The van der Waals surface area contributed by atoms with Crippen LogP contribution >= 0.6 is 11.3 Å². The van der Waals surface area contributed by atoms with E-state index in [1.165, 1.54) is 11.3 Å². The van der Waals surface area contributed by atoms with Crippen LogP contribution in [-0.2, 0) is 9.59 Å². The minimum Gasteiger partial charge on any atom is -0.481 e. The van der Waals surface area contributed by atoms with Crippen molar-refractivity contribution in [1.82, 2.24) is 10.6 Å². The Bertz CT molecular complexity index is 508. The Balaban J connectivity index is 1.76. The van der Waals surface area contributed by atoms with Crippen LogP contribution in [0.4, 0.5) is 0 Å². The third-order valence-corrected chi connectivity index (χ3v) is 4.19. The van der Waals surface area contributed by atoms with Crippen LogP contribution in [0.15, 0.2) is 17.5 Å². The van der Waals surface area contributed by atoms with Crippen molar-refractivity contribution in [2.24, 2.45) is 5.92 Å². The Hall–Kier alpha value is -1.89. The number of carboxylic acids is 1. The summed E-state index contributed by atoms with van der Waals surface area (Å²) in [4.78, 5) is 34.8. The monoisotopic (exact) mass is 296 g/mol. The van der Waals surface area contributed by atoms with Crippen LogP contribution in [0.3, 0.4) is 0 Å². The first-order valence-corrected chi connectivity index (χ1v) is 7.23. The lowest BCUT2D eigenvalue weighted by atomic mass is 9.80. The van der Waals surface area contributed by atoms with Crippen LogP contribution in [-0.4, -0.2) is 35.0 Å². The van der Waals surface area contributed by atoms with Crippen molar-refractivity contribution in [3.8, 4) is 0 Å². The van der Waals surface area contributed by atoms with E-state index in [1.54, 1.807) is 24.4 Å². The maximum atomic E-state index is 11.9. The number of carbonyl (C=O) groups is 3. The molecule has 1 aliphatic rings. The molecule has 2 amide bonds. The van der Waals surface area contributed by atoms with Gasteiger partial charge in [-0.2, -0.15) is 0 Å². The average molecular weight is 296 g/mol. The van der Waals surface area contributed by atoms with Crippen molar-refractivity contribution in [3.63, 3.8) is 0 Å². The van der Waals surface area contributed by atoms with Crippen LogP contribution < -0.4 is 10.6 Å². The summed E-state index contributed by atoms with van der Waals surface area (Å²) in [5.41, 5.74) is 0. The molecule has 0 radical (unpaired) electrons. The van der Waals surface area contributed by atoms with E-state index in [2.05, 4.69) is 10.6 Å². The van der Waals surface area contributed by atoms with Crippen molar-refractivity contribution in [3.05, 3.63) is 22.4 Å². The minimum atomic E-state index is -0.824. The van der Waals surface area contributed by atoms with E-state index in [1.807, 2.05) is 0 Å². The zero-order valence-corrected chi connectivity index (χ0v) is 11.8. The van der Waals surface area contributed by atoms with Gasteiger partial charge in [0.05, 0.1) is 10.8 Å². The second kappa shape index (κ2) is 6.04. The van der Waals surface area contributed by atoms with Crippen LogP contribution in [0.1, 0.15) is 29.4 Å². The number of carboxylic acid groups (broad SMARTS) is 1. The molecule has 1 unspecified atom stereocenters. The number of thiophene rings is 1. The van der Waals surface area contributed by atoms with Gasteiger partial charge in [-0.3, -0.25) is 14.4 Å². The molecule has 0 spiro atoms. The molecule has 0 aliphatic heterocycles. The molecule has 0 bridgehead atoms. The van der Waals surface area contributed by atoms with Crippen molar-refractivity contribution < 1.29 is 19.5 Å². The summed E-state index contributed by atoms with van der Waals surface area (Å²) in [7, 11) is 0. The molecule has 6 nitrogen and oxygen atoms in total. The third-order valence-electron chi connectivity index (χ3n) is 3.32. The first-order valence-electron chi connectivity index (χ1n) is 6.35. The standard InChI is InChI=1S/C13H16N2O4S/c1-7(14-12(17)10-3-2-4-20-10)11(16)15-9-5-8(6-9)13(18)19/h2-4,7-9H,5-6H2,1H3,(H,14,17)(H,15,16)(H,18,19). The van der Waals surface area contributed by atoms with Crippen molar-refractivity contribution in [2.45, 2.75) is 31.8 Å². The molecule has 1 heterocycles. The Morgan fingerprint density at radius 3 is 2.65 bits per heavy atom. The number of carbonyl (C=O) groups excluding carboxylic acids is 2. The zero-order chi connectivity index (χ0) is 14.7.